The topological polar surface area (TPSA) is 79.3 Å². The van der Waals surface area contributed by atoms with E-state index in [4.69, 9.17) is 9.47 Å². The van der Waals surface area contributed by atoms with Crippen molar-refractivity contribution in [2.45, 2.75) is 39.5 Å². The summed E-state index contributed by atoms with van der Waals surface area (Å²) >= 11 is 0. The van der Waals surface area contributed by atoms with Crippen molar-refractivity contribution in [2.24, 2.45) is 5.92 Å². The first-order chi connectivity index (χ1) is 15.9. The summed E-state index contributed by atoms with van der Waals surface area (Å²) in [5, 5.41) is 9.89. The van der Waals surface area contributed by atoms with Crippen molar-refractivity contribution in [3.05, 3.63) is 59.7 Å². The number of likely N-dealkylation sites (N-methyl/N-ethyl adjacent to an activating group) is 1. The van der Waals surface area contributed by atoms with Crippen LogP contribution in [0.15, 0.2) is 48.5 Å². The second-order valence-electron chi connectivity index (χ2n) is 8.60. The fourth-order valence-corrected chi connectivity index (χ4v) is 4.13. The summed E-state index contributed by atoms with van der Waals surface area (Å²) < 4.78 is 11.5. The summed E-state index contributed by atoms with van der Waals surface area (Å²) in [6.07, 6.45) is -0.748. The van der Waals surface area contributed by atoms with Crippen LogP contribution in [0, 0.1) is 5.92 Å². The molecule has 0 bridgehead atoms. The van der Waals surface area contributed by atoms with Crippen LogP contribution in [-0.2, 0) is 16.1 Å². The molecule has 3 rings (SSSR count). The molecule has 2 aromatic rings. The fraction of sp³-hybridized carbons (Fsp3) is 0.462. The maximum absolute atomic E-state index is 13.7. The third-order valence-electron chi connectivity index (χ3n) is 6.13. The van der Waals surface area contributed by atoms with E-state index in [9.17, 15) is 14.7 Å². The van der Waals surface area contributed by atoms with E-state index in [0.717, 1.165) is 16.7 Å². The minimum atomic E-state index is -0.410. The summed E-state index contributed by atoms with van der Waals surface area (Å²) in [4.78, 5) is 29.2. The molecule has 0 saturated heterocycles. The maximum atomic E-state index is 13.7. The first-order valence-electron chi connectivity index (χ1n) is 11.5. The predicted molar refractivity (Wildman–Crippen MR) is 127 cm³/mol. The van der Waals surface area contributed by atoms with Crippen molar-refractivity contribution in [1.82, 2.24) is 9.80 Å². The van der Waals surface area contributed by atoms with E-state index in [1.54, 1.807) is 18.9 Å². The highest BCUT2D eigenvalue weighted by Gasteiger charge is 2.31. The summed E-state index contributed by atoms with van der Waals surface area (Å²) in [5.74, 6) is -0.231. The molecule has 0 radical (unpaired) electrons. The van der Waals surface area contributed by atoms with Crippen molar-refractivity contribution in [3.63, 3.8) is 0 Å². The average molecular weight is 455 g/mol. The van der Waals surface area contributed by atoms with Crippen LogP contribution in [0.2, 0.25) is 0 Å². The number of benzene rings is 2. The van der Waals surface area contributed by atoms with Gasteiger partial charge in [0.05, 0.1) is 38.5 Å². The van der Waals surface area contributed by atoms with Gasteiger partial charge in [0.25, 0.3) is 5.91 Å². The van der Waals surface area contributed by atoms with Crippen molar-refractivity contribution < 1.29 is 24.2 Å². The molecule has 0 aliphatic carbocycles. The zero-order valence-electron chi connectivity index (χ0n) is 19.9. The number of fused-ring (bicyclic) bond motifs is 3. The van der Waals surface area contributed by atoms with Crippen molar-refractivity contribution in [2.75, 3.05) is 33.4 Å². The summed E-state index contributed by atoms with van der Waals surface area (Å²) in [6.45, 7) is 6.81. The molecule has 2 aromatic carbocycles. The summed E-state index contributed by atoms with van der Waals surface area (Å²) in [6, 6.07) is 15.1. The highest BCUT2D eigenvalue weighted by Crippen LogP contribution is 2.31. The predicted octanol–water partition coefficient (Wildman–Crippen LogP) is 3.80. The molecule has 33 heavy (non-hydrogen) atoms. The van der Waals surface area contributed by atoms with Crippen LogP contribution in [0.25, 0.3) is 11.1 Å². The highest BCUT2D eigenvalue weighted by molar-refractivity contribution is 6.01. The smallest absolute Gasteiger partial charge is 0.409 e. The molecule has 7 heteroatoms. The molecule has 0 spiro atoms. The van der Waals surface area contributed by atoms with Crippen LogP contribution in [0.3, 0.4) is 0 Å². The lowest BCUT2D eigenvalue weighted by Gasteiger charge is -2.35. The van der Waals surface area contributed by atoms with E-state index in [2.05, 4.69) is 0 Å². The third kappa shape index (κ3) is 5.72. The van der Waals surface area contributed by atoms with Gasteiger partial charge in [-0.3, -0.25) is 4.79 Å². The van der Waals surface area contributed by atoms with E-state index in [0.29, 0.717) is 31.9 Å². The summed E-state index contributed by atoms with van der Waals surface area (Å²) in [5.41, 5.74) is 3.34. The van der Waals surface area contributed by atoms with E-state index >= 15 is 0 Å². The molecule has 1 aliphatic rings. The lowest BCUT2D eigenvalue weighted by Crippen LogP contribution is -2.47. The normalized spacial score (nSPS) is 19.7. The van der Waals surface area contributed by atoms with Crippen LogP contribution < -0.4 is 0 Å². The van der Waals surface area contributed by atoms with Crippen molar-refractivity contribution in [3.8, 4) is 11.1 Å². The van der Waals surface area contributed by atoms with Gasteiger partial charge in [-0.05, 0) is 36.6 Å². The van der Waals surface area contributed by atoms with Gasteiger partial charge in [-0.15, -0.1) is 0 Å². The number of aliphatic hydroxyl groups is 1. The Hall–Kier alpha value is -2.90. The molecule has 0 saturated carbocycles. The molecular weight excluding hydrogens is 420 g/mol. The highest BCUT2D eigenvalue weighted by atomic mass is 16.6. The molecule has 0 aromatic heterocycles. The van der Waals surface area contributed by atoms with Gasteiger partial charge >= 0.3 is 6.09 Å². The number of carbonyl (C=O) groups is 2. The van der Waals surface area contributed by atoms with Gasteiger partial charge in [0.1, 0.15) is 0 Å². The Morgan fingerprint density at radius 3 is 2.48 bits per heavy atom. The van der Waals surface area contributed by atoms with Gasteiger partial charge in [-0.2, -0.15) is 0 Å². The SMILES string of the molecule is CCOC(=O)N(C)C[C@H]1OCc2ccccc2-c2ccccc2C(=O)N([C@@H](C)CO)C[C@@H]1C. The van der Waals surface area contributed by atoms with Crippen molar-refractivity contribution >= 4 is 12.0 Å². The number of ether oxygens (including phenoxy) is 2. The zero-order chi connectivity index (χ0) is 24.0. The van der Waals surface area contributed by atoms with Crippen molar-refractivity contribution in [1.29, 1.82) is 0 Å². The van der Waals surface area contributed by atoms with Gasteiger partial charge in [0, 0.05) is 25.1 Å². The quantitative estimate of drug-likeness (QED) is 0.744. The number of nitrogens with zero attached hydrogens (tertiary/aromatic N) is 2. The van der Waals surface area contributed by atoms with Crippen LogP contribution in [0.1, 0.15) is 36.7 Å². The Bertz CT molecular complexity index is 963. The number of hydrogen-bond acceptors (Lipinski definition) is 5. The fourth-order valence-electron chi connectivity index (χ4n) is 4.13. The molecule has 1 heterocycles. The molecule has 2 amide bonds. The molecule has 7 nitrogen and oxygen atoms in total. The molecule has 0 unspecified atom stereocenters. The molecule has 178 valence electrons. The lowest BCUT2D eigenvalue weighted by atomic mass is 9.94. The molecule has 1 N–H and O–H groups in total. The van der Waals surface area contributed by atoms with Gasteiger partial charge < -0.3 is 24.4 Å². The minimum absolute atomic E-state index is 0.0998. The zero-order valence-corrected chi connectivity index (χ0v) is 19.9. The average Bonchev–Trinajstić information content (AvgIpc) is 2.85. The summed E-state index contributed by atoms with van der Waals surface area (Å²) in [7, 11) is 1.68. The number of amides is 2. The van der Waals surface area contributed by atoms with Crippen LogP contribution in [0.4, 0.5) is 4.79 Å². The lowest BCUT2D eigenvalue weighted by molar-refractivity contribution is -0.0227. The van der Waals surface area contributed by atoms with Gasteiger partial charge in [0.15, 0.2) is 0 Å². The van der Waals surface area contributed by atoms with E-state index in [1.807, 2.05) is 62.4 Å². The van der Waals surface area contributed by atoms with Gasteiger partial charge in [0.2, 0.25) is 0 Å². The largest absolute Gasteiger partial charge is 0.450 e. The Morgan fingerprint density at radius 2 is 1.82 bits per heavy atom. The molecule has 0 fully saturated rings. The van der Waals surface area contributed by atoms with Crippen LogP contribution >= 0.6 is 0 Å². The second kappa shape index (κ2) is 11.3. The Kier molecular flexibility index (Phi) is 8.47. The first-order valence-corrected chi connectivity index (χ1v) is 11.5. The Labute approximate surface area is 195 Å². The van der Waals surface area contributed by atoms with Crippen LogP contribution in [0.5, 0.6) is 0 Å². The third-order valence-corrected chi connectivity index (χ3v) is 6.13. The van der Waals surface area contributed by atoms with Gasteiger partial charge in [-0.25, -0.2) is 4.79 Å². The van der Waals surface area contributed by atoms with E-state index in [1.165, 1.54) is 4.90 Å². The number of rotatable bonds is 5. The Morgan fingerprint density at radius 1 is 1.18 bits per heavy atom. The first kappa shape index (κ1) is 24.7. The molecule has 1 aliphatic heterocycles. The monoisotopic (exact) mass is 454 g/mol. The van der Waals surface area contributed by atoms with Gasteiger partial charge in [-0.1, -0.05) is 49.4 Å². The number of carbonyl (C=O) groups excluding carboxylic acids is 2. The standard InChI is InChI=1S/C26H34N2O5/c1-5-32-26(31)27(4)15-24-18(2)14-28(19(3)16-29)25(30)23-13-9-8-12-22(23)21-11-7-6-10-20(21)17-33-24/h6-13,18-19,24,29H,5,14-17H2,1-4H3/t18-,19-,24+/m0/s1. The van der Waals surface area contributed by atoms with E-state index < -0.39 is 6.09 Å². The maximum Gasteiger partial charge on any atom is 0.409 e. The number of hydrogen-bond donors (Lipinski definition) is 1. The Balaban J connectivity index is 2.04. The molecular formula is C26H34N2O5. The second-order valence-corrected chi connectivity index (χ2v) is 8.60. The van der Waals surface area contributed by atoms with E-state index in [-0.39, 0.29) is 30.6 Å². The molecule has 3 atom stereocenters. The number of aliphatic hydroxyl groups excluding tert-OH is 1. The van der Waals surface area contributed by atoms with Crippen LogP contribution in [-0.4, -0.2) is 72.4 Å². The minimum Gasteiger partial charge on any atom is -0.450 e.